The highest BCUT2D eigenvalue weighted by Gasteiger charge is 2.34. The molecule has 5 heteroatoms. The van der Waals surface area contributed by atoms with Gasteiger partial charge in [0.25, 0.3) is 0 Å². The third kappa shape index (κ3) is 2.94. The SMILES string of the molecule is CC(=O)N1CCc2ccccc2[C@H]1CC(=O)N1CCc2sccc2[C@H]1C. The lowest BCUT2D eigenvalue weighted by Gasteiger charge is -2.39. The molecule has 4 rings (SSSR count). The third-order valence-corrected chi connectivity index (χ3v) is 6.78. The number of rotatable bonds is 2. The van der Waals surface area contributed by atoms with Gasteiger partial charge in [0, 0.05) is 24.9 Å². The summed E-state index contributed by atoms with van der Waals surface area (Å²) in [6.45, 7) is 5.17. The molecule has 0 unspecified atom stereocenters. The predicted molar refractivity (Wildman–Crippen MR) is 103 cm³/mol. The molecule has 2 atom stereocenters. The fourth-order valence-electron chi connectivity index (χ4n) is 4.38. The Kier molecular flexibility index (Phi) is 4.57. The molecule has 2 aromatic rings. The Morgan fingerprint density at radius 1 is 1.08 bits per heavy atom. The minimum absolute atomic E-state index is 0.0455. The molecule has 0 radical (unpaired) electrons. The fourth-order valence-corrected chi connectivity index (χ4v) is 5.34. The zero-order valence-corrected chi connectivity index (χ0v) is 16.1. The van der Waals surface area contributed by atoms with Crippen molar-refractivity contribution < 1.29 is 9.59 Å². The summed E-state index contributed by atoms with van der Waals surface area (Å²) in [6.07, 6.45) is 2.15. The van der Waals surface area contributed by atoms with Crippen LogP contribution in [0.2, 0.25) is 0 Å². The lowest BCUT2D eigenvalue weighted by atomic mass is 9.90. The topological polar surface area (TPSA) is 40.6 Å². The Balaban J connectivity index is 1.59. The molecule has 26 heavy (non-hydrogen) atoms. The highest BCUT2D eigenvalue weighted by Crippen LogP contribution is 2.36. The van der Waals surface area contributed by atoms with Gasteiger partial charge in [-0.05, 0) is 47.9 Å². The van der Waals surface area contributed by atoms with Gasteiger partial charge in [-0.1, -0.05) is 24.3 Å². The first-order valence-electron chi connectivity index (χ1n) is 9.27. The van der Waals surface area contributed by atoms with Crippen LogP contribution in [0.3, 0.4) is 0 Å². The van der Waals surface area contributed by atoms with Gasteiger partial charge in [-0.2, -0.15) is 0 Å². The molecule has 0 saturated heterocycles. The molecule has 0 fully saturated rings. The maximum atomic E-state index is 13.2. The van der Waals surface area contributed by atoms with Gasteiger partial charge in [-0.25, -0.2) is 0 Å². The number of nitrogens with zero attached hydrogens (tertiary/aromatic N) is 2. The second-order valence-corrected chi connectivity index (χ2v) is 8.19. The Hall–Kier alpha value is -2.14. The molecule has 0 aliphatic carbocycles. The second-order valence-electron chi connectivity index (χ2n) is 7.19. The van der Waals surface area contributed by atoms with Crippen LogP contribution in [0.4, 0.5) is 0 Å². The van der Waals surface area contributed by atoms with E-state index in [-0.39, 0.29) is 23.9 Å². The van der Waals surface area contributed by atoms with Crippen LogP contribution >= 0.6 is 11.3 Å². The number of fused-ring (bicyclic) bond motifs is 2. The Morgan fingerprint density at radius 2 is 1.85 bits per heavy atom. The van der Waals surface area contributed by atoms with Crippen molar-refractivity contribution in [2.75, 3.05) is 13.1 Å². The maximum Gasteiger partial charge on any atom is 0.225 e. The molecular weight excluding hydrogens is 344 g/mol. The molecule has 1 aromatic heterocycles. The monoisotopic (exact) mass is 368 g/mol. The predicted octanol–water partition coefficient (Wildman–Crippen LogP) is 3.73. The summed E-state index contributed by atoms with van der Waals surface area (Å²) in [5.41, 5.74) is 3.67. The molecule has 0 bridgehead atoms. The Labute approximate surface area is 158 Å². The smallest absolute Gasteiger partial charge is 0.225 e. The van der Waals surface area contributed by atoms with Crippen LogP contribution in [0.1, 0.15) is 53.9 Å². The van der Waals surface area contributed by atoms with Crippen molar-refractivity contribution >= 4 is 23.2 Å². The van der Waals surface area contributed by atoms with Crippen LogP contribution in [0, 0.1) is 0 Å². The second kappa shape index (κ2) is 6.88. The van der Waals surface area contributed by atoms with Gasteiger partial charge in [0.1, 0.15) is 0 Å². The van der Waals surface area contributed by atoms with Crippen molar-refractivity contribution in [1.29, 1.82) is 0 Å². The summed E-state index contributed by atoms with van der Waals surface area (Å²) < 4.78 is 0. The lowest BCUT2D eigenvalue weighted by molar-refractivity contribution is -0.138. The van der Waals surface area contributed by atoms with E-state index in [2.05, 4.69) is 30.5 Å². The molecule has 2 amide bonds. The zero-order valence-electron chi connectivity index (χ0n) is 15.3. The van der Waals surface area contributed by atoms with Gasteiger partial charge in [0.2, 0.25) is 11.8 Å². The largest absolute Gasteiger partial charge is 0.335 e. The molecular formula is C21H24N2O2S. The van der Waals surface area contributed by atoms with E-state index in [9.17, 15) is 9.59 Å². The van der Waals surface area contributed by atoms with Crippen LogP contribution in [-0.4, -0.2) is 34.7 Å². The van der Waals surface area contributed by atoms with Crippen LogP contribution < -0.4 is 0 Å². The molecule has 2 aliphatic rings. The Morgan fingerprint density at radius 3 is 2.65 bits per heavy atom. The van der Waals surface area contributed by atoms with Crippen molar-refractivity contribution in [3.63, 3.8) is 0 Å². The highest BCUT2D eigenvalue weighted by atomic mass is 32.1. The summed E-state index contributed by atoms with van der Waals surface area (Å²) in [7, 11) is 0. The van der Waals surface area contributed by atoms with E-state index in [1.165, 1.54) is 16.0 Å². The van der Waals surface area contributed by atoms with Gasteiger partial charge in [0.05, 0.1) is 18.5 Å². The summed E-state index contributed by atoms with van der Waals surface area (Å²) in [5.74, 6) is 0.186. The third-order valence-electron chi connectivity index (χ3n) is 5.78. The van der Waals surface area contributed by atoms with E-state index < -0.39 is 0 Å². The van der Waals surface area contributed by atoms with E-state index in [1.54, 1.807) is 18.3 Å². The van der Waals surface area contributed by atoms with E-state index >= 15 is 0 Å². The molecule has 1 aromatic carbocycles. The van der Waals surface area contributed by atoms with Crippen LogP contribution in [0.15, 0.2) is 35.7 Å². The number of benzene rings is 1. The number of hydrogen-bond donors (Lipinski definition) is 0. The maximum absolute atomic E-state index is 13.2. The first-order valence-corrected chi connectivity index (χ1v) is 10.1. The summed E-state index contributed by atoms with van der Waals surface area (Å²) in [5, 5.41) is 2.12. The average molecular weight is 369 g/mol. The van der Waals surface area contributed by atoms with E-state index in [0.717, 1.165) is 24.9 Å². The molecule has 136 valence electrons. The number of carbonyl (C=O) groups excluding carboxylic acids is 2. The normalized spacial score (nSPS) is 21.9. The minimum atomic E-state index is -0.152. The zero-order chi connectivity index (χ0) is 18.3. The molecule has 0 spiro atoms. The number of thiophene rings is 1. The number of hydrogen-bond acceptors (Lipinski definition) is 3. The molecule has 2 aliphatic heterocycles. The van der Waals surface area contributed by atoms with Crippen molar-refractivity contribution in [2.24, 2.45) is 0 Å². The van der Waals surface area contributed by atoms with Crippen LogP contribution in [-0.2, 0) is 22.4 Å². The van der Waals surface area contributed by atoms with Crippen molar-refractivity contribution in [3.05, 3.63) is 57.3 Å². The van der Waals surface area contributed by atoms with E-state index in [1.807, 2.05) is 21.9 Å². The van der Waals surface area contributed by atoms with Crippen molar-refractivity contribution in [2.45, 2.75) is 45.2 Å². The summed E-state index contributed by atoms with van der Waals surface area (Å²) >= 11 is 1.78. The number of amides is 2. The molecule has 3 heterocycles. The minimum Gasteiger partial charge on any atom is -0.335 e. The summed E-state index contributed by atoms with van der Waals surface area (Å²) in [4.78, 5) is 30.6. The van der Waals surface area contributed by atoms with Crippen LogP contribution in [0.5, 0.6) is 0 Å². The molecule has 4 nitrogen and oxygen atoms in total. The van der Waals surface area contributed by atoms with Gasteiger partial charge in [-0.3, -0.25) is 9.59 Å². The lowest BCUT2D eigenvalue weighted by Crippen LogP contribution is -2.44. The van der Waals surface area contributed by atoms with Gasteiger partial charge >= 0.3 is 0 Å². The highest BCUT2D eigenvalue weighted by molar-refractivity contribution is 7.10. The van der Waals surface area contributed by atoms with Gasteiger partial charge < -0.3 is 9.80 Å². The van der Waals surface area contributed by atoms with Gasteiger partial charge in [-0.15, -0.1) is 11.3 Å². The molecule has 0 N–H and O–H groups in total. The van der Waals surface area contributed by atoms with Gasteiger partial charge in [0.15, 0.2) is 0 Å². The Bertz CT molecular complexity index is 844. The first-order chi connectivity index (χ1) is 12.6. The first kappa shape index (κ1) is 17.3. The van der Waals surface area contributed by atoms with Crippen molar-refractivity contribution in [3.8, 4) is 0 Å². The van der Waals surface area contributed by atoms with Crippen molar-refractivity contribution in [1.82, 2.24) is 9.80 Å². The standard InChI is InChI=1S/C21H24N2O2S/c1-14-17-9-12-26-20(17)8-11-22(14)21(25)13-19-18-6-4-3-5-16(18)7-10-23(19)15(2)24/h3-6,9,12,14,19H,7-8,10-11,13H2,1-2H3/t14-,19-/m1/s1. The van der Waals surface area contributed by atoms with E-state index in [4.69, 9.17) is 0 Å². The van der Waals surface area contributed by atoms with E-state index in [0.29, 0.717) is 13.0 Å². The average Bonchev–Trinajstić information content (AvgIpc) is 3.11. The quantitative estimate of drug-likeness (QED) is 0.810. The van der Waals surface area contributed by atoms with Crippen LogP contribution in [0.25, 0.3) is 0 Å². The number of carbonyl (C=O) groups is 2. The summed E-state index contributed by atoms with van der Waals surface area (Å²) in [6, 6.07) is 10.3. The molecule has 0 saturated carbocycles. The fraction of sp³-hybridized carbons (Fsp3) is 0.429.